The lowest BCUT2D eigenvalue weighted by Crippen LogP contribution is -2.52. The van der Waals surface area contributed by atoms with E-state index in [4.69, 9.17) is 0 Å². The first-order valence-electron chi connectivity index (χ1n) is 12.3. The first-order chi connectivity index (χ1) is 16.5. The lowest BCUT2D eigenvalue weighted by molar-refractivity contribution is -0.138. The van der Waals surface area contributed by atoms with Crippen molar-refractivity contribution in [2.75, 3.05) is 43.4 Å². The molecule has 1 heterocycles. The van der Waals surface area contributed by atoms with Gasteiger partial charge in [0.15, 0.2) is 0 Å². The largest absolute Gasteiger partial charge is 0.340 e. The zero-order chi connectivity index (χ0) is 23.9. The average Bonchev–Trinajstić information content (AvgIpc) is 2.85. The van der Waals surface area contributed by atoms with E-state index in [1.807, 2.05) is 36.1 Å². The summed E-state index contributed by atoms with van der Waals surface area (Å²) >= 11 is 0. The highest BCUT2D eigenvalue weighted by Gasteiger charge is 2.29. The Bertz CT molecular complexity index is 1020. The molecule has 7 heteroatoms. The van der Waals surface area contributed by atoms with Gasteiger partial charge in [-0.25, -0.2) is 0 Å². The molecule has 0 atom stereocenters. The van der Waals surface area contributed by atoms with Crippen molar-refractivity contribution in [1.29, 1.82) is 0 Å². The molecule has 7 nitrogen and oxygen atoms in total. The monoisotopic (exact) mass is 462 g/mol. The third kappa shape index (κ3) is 6.23. The molecule has 0 unspecified atom stereocenters. The zero-order valence-corrected chi connectivity index (χ0v) is 19.9. The van der Waals surface area contributed by atoms with Crippen molar-refractivity contribution in [3.05, 3.63) is 59.7 Å². The summed E-state index contributed by atoms with van der Waals surface area (Å²) in [6.45, 7) is 4.90. The molecule has 1 saturated heterocycles. The number of piperazine rings is 1. The normalized spacial score (nSPS) is 17.3. The number of hydrogen-bond acceptors (Lipinski definition) is 4. The standard InChI is InChI=1S/C27H34N4O3/c1-20-8-7-11-22(18-20)28-26(33)23-12-5-6-13-24(23)29-25(32)19-30-14-16-31(17-15-30)27(34)21-9-3-2-4-10-21/h5-8,11-13,18,21H,2-4,9-10,14-17,19H2,1H3,(H,28,33)(H,29,32). The number of para-hydroxylation sites is 1. The predicted octanol–water partition coefficient (Wildman–Crippen LogP) is 3.91. The van der Waals surface area contributed by atoms with Crippen LogP contribution in [0.15, 0.2) is 48.5 Å². The van der Waals surface area contributed by atoms with Gasteiger partial charge in [-0.1, -0.05) is 43.5 Å². The van der Waals surface area contributed by atoms with E-state index < -0.39 is 0 Å². The smallest absolute Gasteiger partial charge is 0.257 e. The molecule has 2 aliphatic rings. The lowest BCUT2D eigenvalue weighted by Gasteiger charge is -2.36. The van der Waals surface area contributed by atoms with Gasteiger partial charge in [0.05, 0.1) is 17.8 Å². The van der Waals surface area contributed by atoms with Crippen LogP contribution in [0.4, 0.5) is 11.4 Å². The lowest BCUT2D eigenvalue weighted by atomic mass is 9.88. The SMILES string of the molecule is Cc1cccc(NC(=O)c2ccccc2NC(=O)CN2CCN(C(=O)C3CCCCC3)CC2)c1. The van der Waals surface area contributed by atoms with Crippen molar-refractivity contribution in [3.8, 4) is 0 Å². The maximum Gasteiger partial charge on any atom is 0.257 e. The van der Waals surface area contributed by atoms with Gasteiger partial charge in [-0.05, 0) is 49.6 Å². The Hall–Kier alpha value is -3.19. The maximum atomic E-state index is 12.8. The molecule has 1 aliphatic heterocycles. The van der Waals surface area contributed by atoms with Gasteiger partial charge in [0.25, 0.3) is 5.91 Å². The second-order valence-corrected chi connectivity index (χ2v) is 9.35. The van der Waals surface area contributed by atoms with Crippen LogP contribution >= 0.6 is 0 Å². The molecule has 2 aromatic carbocycles. The van der Waals surface area contributed by atoms with E-state index in [1.165, 1.54) is 6.42 Å². The second kappa shape index (κ2) is 11.3. The molecule has 0 spiro atoms. The van der Waals surface area contributed by atoms with Gasteiger partial charge in [-0.3, -0.25) is 19.3 Å². The Kier molecular flexibility index (Phi) is 7.95. The minimum atomic E-state index is -0.267. The first-order valence-corrected chi connectivity index (χ1v) is 12.3. The number of hydrogen-bond donors (Lipinski definition) is 2. The molecule has 34 heavy (non-hydrogen) atoms. The highest BCUT2D eigenvalue weighted by atomic mass is 16.2. The zero-order valence-electron chi connectivity index (χ0n) is 19.9. The highest BCUT2D eigenvalue weighted by molar-refractivity contribution is 6.10. The van der Waals surface area contributed by atoms with Gasteiger partial charge in [-0.2, -0.15) is 0 Å². The van der Waals surface area contributed by atoms with E-state index in [9.17, 15) is 14.4 Å². The van der Waals surface area contributed by atoms with Crippen LogP contribution in [0, 0.1) is 12.8 Å². The maximum absolute atomic E-state index is 12.8. The average molecular weight is 463 g/mol. The number of aryl methyl sites for hydroxylation is 1. The quantitative estimate of drug-likeness (QED) is 0.682. The molecule has 2 N–H and O–H groups in total. The van der Waals surface area contributed by atoms with Crippen LogP contribution in [0.5, 0.6) is 0 Å². The molecule has 180 valence electrons. The Morgan fingerprint density at radius 3 is 2.35 bits per heavy atom. The molecule has 1 aliphatic carbocycles. The van der Waals surface area contributed by atoms with Gasteiger partial charge in [0.2, 0.25) is 11.8 Å². The molecule has 0 aromatic heterocycles. The molecule has 2 aromatic rings. The molecule has 3 amide bonds. The third-order valence-electron chi connectivity index (χ3n) is 6.73. The molecule has 4 rings (SSSR count). The fraction of sp³-hybridized carbons (Fsp3) is 0.444. The number of carbonyl (C=O) groups excluding carboxylic acids is 3. The summed E-state index contributed by atoms with van der Waals surface area (Å²) in [6, 6.07) is 14.6. The van der Waals surface area contributed by atoms with Crippen molar-refractivity contribution in [1.82, 2.24) is 9.80 Å². The van der Waals surface area contributed by atoms with Gasteiger partial charge in [0.1, 0.15) is 0 Å². The Morgan fingerprint density at radius 2 is 1.62 bits per heavy atom. The van der Waals surface area contributed by atoms with Crippen LogP contribution in [0.1, 0.15) is 48.0 Å². The van der Waals surface area contributed by atoms with Crippen LogP contribution in [-0.2, 0) is 9.59 Å². The van der Waals surface area contributed by atoms with E-state index in [2.05, 4.69) is 15.5 Å². The minimum absolute atomic E-state index is 0.164. The van der Waals surface area contributed by atoms with Crippen molar-refractivity contribution in [3.63, 3.8) is 0 Å². The van der Waals surface area contributed by atoms with Crippen molar-refractivity contribution < 1.29 is 14.4 Å². The summed E-state index contributed by atoms with van der Waals surface area (Å²) < 4.78 is 0. The van der Waals surface area contributed by atoms with E-state index in [1.54, 1.807) is 24.3 Å². The topological polar surface area (TPSA) is 81.8 Å². The van der Waals surface area contributed by atoms with Gasteiger partial charge >= 0.3 is 0 Å². The van der Waals surface area contributed by atoms with Crippen LogP contribution in [-0.4, -0.2) is 60.2 Å². The van der Waals surface area contributed by atoms with Crippen LogP contribution in [0.3, 0.4) is 0 Å². The number of benzene rings is 2. The summed E-state index contributed by atoms with van der Waals surface area (Å²) in [5, 5.41) is 5.80. The third-order valence-corrected chi connectivity index (χ3v) is 6.73. The predicted molar refractivity (Wildman–Crippen MR) is 134 cm³/mol. The van der Waals surface area contributed by atoms with Crippen molar-refractivity contribution in [2.45, 2.75) is 39.0 Å². The van der Waals surface area contributed by atoms with E-state index >= 15 is 0 Å². The Balaban J connectivity index is 1.29. The van der Waals surface area contributed by atoms with Gasteiger partial charge in [-0.15, -0.1) is 0 Å². The Labute approximate surface area is 201 Å². The summed E-state index contributed by atoms with van der Waals surface area (Å²) in [5.41, 5.74) is 2.68. The van der Waals surface area contributed by atoms with E-state index in [-0.39, 0.29) is 30.2 Å². The molecule has 1 saturated carbocycles. The molecule has 0 bridgehead atoms. The number of nitrogens with one attached hydrogen (secondary N) is 2. The Morgan fingerprint density at radius 1 is 0.882 bits per heavy atom. The van der Waals surface area contributed by atoms with E-state index in [0.717, 1.165) is 31.2 Å². The van der Waals surface area contributed by atoms with Crippen LogP contribution < -0.4 is 10.6 Å². The van der Waals surface area contributed by atoms with Crippen molar-refractivity contribution >= 4 is 29.1 Å². The van der Waals surface area contributed by atoms with Gasteiger partial charge < -0.3 is 15.5 Å². The first kappa shape index (κ1) is 24.0. The second-order valence-electron chi connectivity index (χ2n) is 9.35. The summed E-state index contributed by atoms with van der Waals surface area (Å²) in [7, 11) is 0. The van der Waals surface area contributed by atoms with Crippen molar-refractivity contribution in [2.24, 2.45) is 5.92 Å². The van der Waals surface area contributed by atoms with E-state index in [0.29, 0.717) is 43.1 Å². The number of rotatable bonds is 6. The molecule has 0 radical (unpaired) electrons. The summed E-state index contributed by atoms with van der Waals surface area (Å²) in [6.07, 6.45) is 5.57. The molecular formula is C27H34N4O3. The summed E-state index contributed by atoms with van der Waals surface area (Å²) in [4.78, 5) is 42.4. The number of anilines is 2. The fourth-order valence-electron chi connectivity index (χ4n) is 4.84. The number of amides is 3. The molecule has 2 fully saturated rings. The number of nitrogens with zero attached hydrogens (tertiary/aromatic N) is 2. The fourth-order valence-corrected chi connectivity index (χ4v) is 4.84. The number of carbonyl (C=O) groups is 3. The van der Waals surface area contributed by atoms with Gasteiger partial charge in [0, 0.05) is 37.8 Å². The highest BCUT2D eigenvalue weighted by Crippen LogP contribution is 2.26. The summed E-state index contributed by atoms with van der Waals surface area (Å²) in [5.74, 6) is 0.0441. The van der Waals surface area contributed by atoms with Crippen LogP contribution in [0.25, 0.3) is 0 Å². The minimum Gasteiger partial charge on any atom is -0.340 e. The molecular weight excluding hydrogens is 428 g/mol. The van der Waals surface area contributed by atoms with Crippen LogP contribution in [0.2, 0.25) is 0 Å².